The lowest BCUT2D eigenvalue weighted by molar-refractivity contribution is 0.0742. The Bertz CT molecular complexity index is 652. The van der Waals surface area contributed by atoms with Crippen molar-refractivity contribution in [3.8, 4) is 5.75 Å². The van der Waals surface area contributed by atoms with E-state index >= 15 is 0 Å². The summed E-state index contributed by atoms with van der Waals surface area (Å²) in [5.74, 6) is 0.140. The third kappa shape index (κ3) is 3.37. The van der Waals surface area contributed by atoms with Crippen LogP contribution in [0.25, 0.3) is 0 Å². The Labute approximate surface area is 129 Å². The third-order valence-corrected chi connectivity index (χ3v) is 3.94. The summed E-state index contributed by atoms with van der Waals surface area (Å²) in [4.78, 5) is 14.3. The Morgan fingerprint density at radius 2 is 1.81 bits per heavy atom. The Morgan fingerprint density at radius 1 is 1.19 bits per heavy atom. The molecule has 2 aromatic carbocycles. The van der Waals surface area contributed by atoms with E-state index in [4.69, 9.17) is 11.6 Å². The van der Waals surface area contributed by atoms with Crippen molar-refractivity contribution in [2.24, 2.45) is 0 Å². The van der Waals surface area contributed by atoms with E-state index in [-0.39, 0.29) is 17.7 Å². The van der Waals surface area contributed by atoms with E-state index in [0.29, 0.717) is 10.6 Å². The van der Waals surface area contributed by atoms with Crippen LogP contribution in [0.15, 0.2) is 42.5 Å². The Hall–Kier alpha value is -2.00. The number of phenolic OH excluding ortho intramolecular Hbond substituents is 1. The number of aryl methyl sites for hydroxylation is 1. The molecular weight excluding hydrogens is 286 g/mol. The molecule has 4 heteroatoms. The van der Waals surface area contributed by atoms with Crippen molar-refractivity contribution in [2.75, 3.05) is 7.05 Å². The maximum Gasteiger partial charge on any atom is 0.254 e. The zero-order valence-corrected chi connectivity index (χ0v) is 13.1. The van der Waals surface area contributed by atoms with E-state index in [1.807, 2.05) is 32.0 Å². The molecule has 0 fully saturated rings. The normalized spacial score (nSPS) is 12.0. The summed E-state index contributed by atoms with van der Waals surface area (Å²) in [6.45, 7) is 3.84. The first kappa shape index (κ1) is 15.4. The summed E-state index contributed by atoms with van der Waals surface area (Å²) in [6, 6.07) is 12.1. The maximum absolute atomic E-state index is 12.6. The number of benzene rings is 2. The smallest absolute Gasteiger partial charge is 0.254 e. The molecule has 3 nitrogen and oxygen atoms in total. The van der Waals surface area contributed by atoms with Crippen LogP contribution in [0.5, 0.6) is 5.75 Å². The molecule has 1 atom stereocenters. The van der Waals surface area contributed by atoms with Gasteiger partial charge in [0.1, 0.15) is 5.75 Å². The average Bonchev–Trinajstić information content (AvgIpc) is 2.48. The molecule has 21 heavy (non-hydrogen) atoms. The van der Waals surface area contributed by atoms with E-state index in [0.717, 1.165) is 11.1 Å². The molecule has 0 aromatic heterocycles. The number of carbonyl (C=O) groups is 1. The van der Waals surface area contributed by atoms with Gasteiger partial charge in [-0.2, -0.15) is 0 Å². The monoisotopic (exact) mass is 303 g/mol. The molecule has 2 rings (SSSR count). The van der Waals surface area contributed by atoms with Gasteiger partial charge < -0.3 is 10.0 Å². The molecular formula is C17H18ClNO2. The highest BCUT2D eigenvalue weighted by molar-refractivity contribution is 6.31. The van der Waals surface area contributed by atoms with Crippen molar-refractivity contribution in [1.82, 2.24) is 4.90 Å². The second-order valence-corrected chi connectivity index (χ2v) is 5.58. The van der Waals surface area contributed by atoms with Crippen LogP contribution in [0.4, 0.5) is 0 Å². The highest BCUT2D eigenvalue weighted by Gasteiger charge is 2.20. The number of hydrogen-bond acceptors (Lipinski definition) is 2. The summed E-state index contributed by atoms with van der Waals surface area (Å²) < 4.78 is 0. The molecule has 0 saturated carbocycles. The second-order valence-electron chi connectivity index (χ2n) is 5.14. The van der Waals surface area contributed by atoms with Gasteiger partial charge in [-0.1, -0.05) is 29.8 Å². The SMILES string of the molecule is Cc1ccc(Cl)cc1C(=O)N(C)C(C)c1ccc(O)cc1. The lowest BCUT2D eigenvalue weighted by Crippen LogP contribution is -2.30. The zero-order chi connectivity index (χ0) is 15.6. The van der Waals surface area contributed by atoms with Gasteiger partial charge in [0.2, 0.25) is 0 Å². The van der Waals surface area contributed by atoms with Crippen LogP contribution in [-0.4, -0.2) is 23.0 Å². The van der Waals surface area contributed by atoms with Crippen LogP contribution in [-0.2, 0) is 0 Å². The summed E-state index contributed by atoms with van der Waals surface area (Å²) in [5, 5.41) is 9.89. The van der Waals surface area contributed by atoms with Crippen molar-refractivity contribution in [2.45, 2.75) is 19.9 Å². The number of halogens is 1. The van der Waals surface area contributed by atoms with Crippen molar-refractivity contribution in [3.05, 3.63) is 64.2 Å². The van der Waals surface area contributed by atoms with Crippen molar-refractivity contribution >= 4 is 17.5 Å². The van der Waals surface area contributed by atoms with Gasteiger partial charge in [-0.3, -0.25) is 4.79 Å². The molecule has 1 N–H and O–H groups in total. The lowest BCUT2D eigenvalue weighted by Gasteiger charge is -2.26. The largest absolute Gasteiger partial charge is 0.508 e. The number of rotatable bonds is 3. The van der Waals surface area contributed by atoms with E-state index in [2.05, 4.69) is 0 Å². The molecule has 0 radical (unpaired) electrons. The minimum Gasteiger partial charge on any atom is -0.508 e. The fourth-order valence-electron chi connectivity index (χ4n) is 2.17. The predicted molar refractivity (Wildman–Crippen MR) is 84.8 cm³/mol. The van der Waals surface area contributed by atoms with Crippen molar-refractivity contribution in [1.29, 1.82) is 0 Å². The Kier molecular flexibility index (Phi) is 4.53. The van der Waals surface area contributed by atoms with Gasteiger partial charge in [0.05, 0.1) is 6.04 Å². The fourth-order valence-corrected chi connectivity index (χ4v) is 2.34. The van der Waals surface area contributed by atoms with Crippen molar-refractivity contribution < 1.29 is 9.90 Å². The van der Waals surface area contributed by atoms with Crippen LogP contribution in [0.1, 0.15) is 34.5 Å². The minimum atomic E-state index is -0.100. The Balaban J connectivity index is 2.26. The van der Waals surface area contributed by atoms with Gasteiger partial charge in [0.15, 0.2) is 0 Å². The van der Waals surface area contributed by atoms with E-state index in [1.165, 1.54) is 0 Å². The van der Waals surface area contributed by atoms with E-state index in [1.54, 1.807) is 36.2 Å². The number of amides is 1. The summed E-state index contributed by atoms with van der Waals surface area (Å²) >= 11 is 5.98. The van der Waals surface area contributed by atoms with Gasteiger partial charge >= 0.3 is 0 Å². The number of hydrogen-bond donors (Lipinski definition) is 1. The zero-order valence-electron chi connectivity index (χ0n) is 12.3. The maximum atomic E-state index is 12.6. The van der Waals surface area contributed by atoms with Gasteiger partial charge in [-0.05, 0) is 49.2 Å². The minimum absolute atomic E-state index is 0.0735. The molecule has 0 saturated heterocycles. The highest BCUT2D eigenvalue weighted by atomic mass is 35.5. The van der Waals surface area contributed by atoms with Crippen LogP contribution in [0.2, 0.25) is 5.02 Å². The molecule has 0 aliphatic heterocycles. The van der Waals surface area contributed by atoms with E-state index < -0.39 is 0 Å². The quantitative estimate of drug-likeness (QED) is 0.923. The number of nitrogens with zero attached hydrogens (tertiary/aromatic N) is 1. The summed E-state index contributed by atoms with van der Waals surface area (Å²) in [7, 11) is 1.76. The second kappa shape index (κ2) is 6.19. The lowest BCUT2D eigenvalue weighted by atomic mass is 10.0. The number of carbonyl (C=O) groups excluding carboxylic acids is 1. The van der Waals surface area contributed by atoms with Gasteiger partial charge in [-0.25, -0.2) is 0 Å². The first-order valence-electron chi connectivity index (χ1n) is 6.72. The van der Waals surface area contributed by atoms with Gasteiger partial charge in [-0.15, -0.1) is 0 Å². The Morgan fingerprint density at radius 3 is 2.43 bits per heavy atom. The molecule has 110 valence electrons. The molecule has 0 aliphatic rings. The van der Waals surface area contributed by atoms with Crippen LogP contribution in [0, 0.1) is 6.92 Å². The first-order valence-corrected chi connectivity index (χ1v) is 7.10. The molecule has 0 heterocycles. The summed E-state index contributed by atoms with van der Waals surface area (Å²) in [5.41, 5.74) is 2.47. The van der Waals surface area contributed by atoms with Crippen LogP contribution < -0.4 is 0 Å². The molecule has 1 amide bonds. The van der Waals surface area contributed by atoms with Gasteiger partial charge in [0, 0.05) is 17.6 Å². The molecule has 1 unspecified atom stereocenters. The van der Waals surface area contributed by atoms with Crippen LogP contribution >= 0.6 is 11.6 Å². The average molecular weight is 304 g/mol. The van der Waals surface area contributed by atoms with Crippen molar-refractivity contribution in [3.63, 3.8) is 0 Å². The first-order chi connectivity index (χ1) is 9.90. The molecule has 0 aliphatic carbocycles. The fraction of sp³-hybridized carbons (Fsp3) is 0.235. The number of aromatic hydroxyl groups is 1. The summed E-state index contributed by atoms with van der Waals surface area (Å²) in [6.07, 6.45) is 0. The standard InChI is InChI=1S/C17H18ClNO2/c1-11-4-7-14(18)10-16(11)17(21)19(3)12(2)13-5-8-15(20)9-6-13/h4-10,12,20H,1-3H3. The van der Waals surface area contributed by atoms with Gasteiger partial charge in [0.25, 0.3) is 5.91 Å². The molecule has 2 aromatic rings. The molecule has 0 bridgehead atoms. The topological polar surface area (TPSA) is 40.5 Å². The van der Waals surface area contributed by atoms with Crippen LogP contribution in [0.3, 0.4) is 0 Å². The highest BCUT2D eigenvalue weighted by Crippen LogP contribution is 2.24. The predicted octanol–water partition coefficient (Wildman–Crippen LogP) is 4.19. The third-order valence-electron chi connectivity index (χ3n) is 3.71. The van der Waals surface area contributed by atoms with E-state index in [9.17, 15) is 9.90 Å². The number of phenols is 1. The molecule has 0 spiro atoms.